The summed E-state index contributed by atoms with van der Waals surface area (Å²) in [6, 6.07) is 18.3. The Hall–Kier alpha value is -3.78. The average molecular weight is 409 g/mol. The average Bonchev–Trinajstić information content (AvgIpc) is 2.95. The van der Waals surface area contributed by atoms with Gasteiger partial charge in [-0.05, 0) is 55.1 Å². The van der Waals surface area contributed by atoms with Gasteiger partial charge in [0.1, 0.15) is 11.4 Å². The van der Waals surface area contributed by atoms with E-state index in [0.717, 1.165) is 39.0 Å². The summed E-state index contributed by atoms with van der Waals surface area (Å²) in [7, 11) is 3.71. The molecule has 3 aromatic rings. The summed E-state index contributed by atoms with van der Waals surface area (Å²) in [5, 5.41) is 11.2. The van der Waals surface area contributed by atoms with E-state index in [1.807, 2.05) is 43.6 Å². The molecule has 1 atom stereocenters. The van der Waals surface area contributed by atoms with E-state index < -0.39 is 11.1 Å². The van der Waals surface area contributed by atoms with Crippen LogP contribution in [-0.4, -0.2) is 26.1 Å². The van der Waals surface area contributed by atoms with Gasteiger partial charge in [0.15, 0.2) is 5.75 Å². The Morgan fingerprint density at radius 1 is 1.16 bits per heavy atom. The lowest BCUT2D eigenvalue weighted by Gasteiger charge is -2.45. The lowest BCUT2D eigenvalue weighted by molar-refractivity contribution is 0.0823. The molecule has 1 unspecified atom stereocenters. The first kappa shape index (κ1) is 19.2. The van der Waals surface area contributed by atoms with Crippen molar-refractivity contribution < 1.29 is 9.47 Å². The molecule has 2 aliphatic heterocycles. The van der Waals surface area contributed by atoms with Gasteiger partial charge in [0.2, 0.25) is 5.72 Å². The number of fused-ring (bicyclic) bond motifs is 4. The number of anilines is 1. The predicted octanol–water partition coefficient (Wildman–Crippen LogP) is 5.60. The number of methoxy groups -OCH3 is 1. The van der Waals surface area contributed by atoms with Crippen molar-refractivity contribution in [2.45, 2.75) is 25.0 Å². The fourth-order valence-electron chi connectivity index (χ4n) is 4.82. The van der Waals surface area contributed by atoms with E-state index >= 15 is 0 Å². The molecule has 5 nitrogen and oxygen atoms in total. The third-order valence-corrected chi connectivity index (χ3v) is 6.60. The topological polar surface area (TPSA) is 57.9 Å². The standard InChI is InChI=1S/C26H23N3O2/c1-25(2)21-15-19(30-4)11-12-22(21)29(3)26(25)16-28-23-20-10-6-5-8-17(20)14-18(9-7-13-27)24(23)31-26/h5-12,14-16H,1-4H3/b9-7+. The Labute approximate surface area is 181 Å². The molecule has 1 spiro atoms. The molecule has 154 valence electrons. The second-order valence-electron chi connectivity index (χ2n) is 8.45. The van der Waals surface area contributed by atoms with Crippen molar-refractivity contribution >= 4 is 34.4 Å². The molecule has 0 radical (unpaired) electrons. The van der Waals surface area contributed by atoms with E-state index in [1.165, 1.54) is 6.08 Å². The Morgan fingerprint density at radius 2 is 1.97 bits per heavy atom. The van der Waals surface area contributed by atoms with Crippen molar-refractivity contribution in [3.05, 3.63) is 65.7 Å². The van der Waals surface area contributed by atoms with Crippen LogP contribution in [0.5, 0.6) is 11.5 Å². The van der Waals surface area contributed by atoms with Gasteiger partial charge in [0, 0.05) is 29.8 Å². The van der Waals surface area contributed by atoms with Gasteiger partial charge in [-0.15, -0.1) is 0 Å². The molecule has 31 heavy (non-hydrogen) atoms. The fraction of sp³-hybridized carbons (Fsp3) is 0.231. The molecule has 0 saturated carbocycles. The number of ether oxygens (including phenoxy) is 2. The molecule has 2 heterocycles. The van der Waals surface area contributed by atoms with E-state index in [2.05, 4.69) is 43.0 Å². The first-order valence-corrected chi connectivity index (χ1v) is 10.2. The minimum Gasteiger partial charge on any atom is -0.497 e. The van der Waals surface area contributed by atoms with Crippen LogP contribution in [0.4, 0.5) is 11.4 Å². The quantitative estimate of drug-likeness (QED) is 0.517. The zero-order chi connectivity index (χ0) is 21.8. The largest absolute Gasteiger partial charge is 0.497 e. The number of benzene rings is 3. The molecule has 0 saturated heterocycles. The summed E-state index contributed by atoms with van der Waals surface area (Å²) in [4.78, 5) is 7.10. The maximum absolute atomic E-state index is 9.12. The van der Waals surface area contributed by atoms with Gasteiger partial charge < -0.3 is 14.4 Å². The molecule has 0 fully saturated rings. The molecule has 0 aromatic heterocycles. The molecule has 2 aliphatic rings. The number of hydrogen-bond acceptors (Lipinski definition) is 5. The van der Waals surface area contributed by atoms with Crippen molar-refractivity contribution in [2.75, 3.05) is 19.1 Å². The van der Waals surface area contributed by atoms with Crippen molar-refractivity contribution in [3.63, 3.8) is 0 Å². The van der Waals surface area contributed by atoms with Crippen molar-refractivity contribution in [1.29, 1.82) is 5.26 Å². The van der Waals surface area contributed by atoms with Crippen LogP contribution in [0.25, 0.3) is 16.8 Å². The predicted molar refractivity (Wildman–Crippen MR) is 125 cm³/mol. The summed E-state index contributed by atoms with van der Waals surface area (Å²) in [6.07, 6.45) is 5.19. The number of nitriles is 1. The molecule has 0 N–H and O–H groups in total. The molecule has 0 bridgehead atoms. The summed E-state index contributed by atoms with van der Waals surface area (Å²) in [6.45, 7) is 4.33. The Kier molecular flexibility index (Phi) is 4.10. The van der Waals surface area contributed by atoms with E-state index in [1.54, 1.807) is 13.2 Å². The number of rotatable bonds is 2. The van der Waals surface area contributed by atoms with Gasteiger partial charge in [-0.3, -0.25) is 4.99 Å². The number of likely N-dealkylation sites (N-methyl/N-ethyl adjacent to an activating group) is 1. The summed E-state index contributed by atoms with van der Waals surface area (Å²) in [5.41, 5.74) is 2.62. The Balaban J connectivity index is 1.74. The SMILES string of the molecule is COc1ccc2c(c1)C(C)(C)C1(C=Nc3c(c(/C=C/C#N)cc4ccccc34)O1)N2C. The number of hydrogen-bond donors (Lipinski definition) is 0. The van der Waals surface area contributed by atoms with Crippen LogP contribution in [0.15, 0.2) is 59.6 Å². The zero-order valence-corrected chi connectivity index (χ0v) is 18.0. The third-order valence-electron chi connectivity index (χ3n) is 6.60. The highest BCUT2D eigenvalue weighted by Gasteiger charge is 2.59. The van der Waals surface area contributed by atoms with E-state index in [4.69, 9.17) is 19.7 Å². The van der Waals surface area contributed by atoms with Crippen molar-refractivity contribution in [1.82, 2.24) is 0 Å². The second-order valence-corrected chi connectivity index (χ2v) is 8.45. The summed E-state index contributed by atoms with van der Waals surface area (Å²) in [5.74, 6) is 1.50. The summed E-state index contributed by atoms with van der Waals surface area (Å²) < 4.78 is 12.4. The van der Waals surface area contributed by atoms with E-state index in [9.17, 15) is 0 Å². The highest BCUT2D eigenvalue weighted by molar-refractivity contribution is 6.02. The van der Waals surface area contributed by atoms with Gasteiger partial charge >= 0.3 is 0 Å². The van der Waals surface area contributed by atoms with Gasteiger partial charge in [0.05, 0.1) is 24.8 Å². The molecule has 0 amide bonds. The fourth-order valence-corrected chi connectivity index (χ4v) is 4.82. The van der Waals surface area contributed by atoms with Crippen LogP contribution >= 0.6 is 0 Å². The minimum atomic E-state index is -0.813. The maximum atomic E-state index is 9.12. The molecule has 5 heteroatoms. The van der Waals surface area contributed by atoms with Crippen LogP contribution in [0.2, 0.25) is 0 Å². The number of nitrogens with zero attached hydrogens (tertiary/aromatic N) is 3. The van der Waals surface area contributed by atoms with Gasteiger partial charge in [0.25, 0.3) is 0 Å². The smallest absolute Gasteiger partial charge is 0.228 e. The molecular formula is C26H23N3O2. The van der Waals surface area contributed by atoms with Crippen LogP contribution in [0.1, 0.15) is 25.0 Å². The molecule has 3 aromatic carbocycles. The second kappa shape index (κ2) is 6.61. The van der Waals surface area contributed by atoms with Crippen molar-refractivity contribution in [3.8, 4) is 17.6 Å². The highest BCUT2D eigenvalue weighted by atomic mass is 16.5. The van der Waals surface area contributed by atoms with E-state index in [0.29, 0.717) is 5.75 Å². The van der Waals surface area contributed by atoms with Crippen LogP contribution in [-0.2, 0) is 5.41 Å². The lowest BCUT2D eigenvalue weighted by Crippen LogP contribution is -2.61. The molecule has 5 rings (SSSR count). The van der Waals surface area contributed by atoms with Crippen LogP contribution in [0.3, 0.4) is 0 Å². The molecule has 0 aliphatic carbocycles. The monoisotopic (exact) mass is 409 g/mol. The molecular weight excluding hydrogens is 386 g/mol. The maximum Gasteiger partial charge on any atom is 0.228 e. The minimum absolute atomic E-state index is 0.408. The first-order chi connectivity index (χ1) is 14.9. The number of aliphatic imine (C=N–C) groups is 1. The number of allylic oxidation sites excluding steroid dienone is 1. The third kappa shape index (κ3) is 2.51. The zero-order valence-electron chi connectivity index (χ0n) is 18.0. The van der Waals surface area contributed by atoms with Crippen LogP contribution in [0, 0.1) is 11.3 Å². The summed E-state index contributed by atoms with van der Waals surface area (Å²) >= 11 is 0. The van der Waals surface area contributed by atoms with Crippen LogP contribution < -0.4 is 14.4 Å². The van der Waals surface area contributed by atoms with Gasteiger partial charge in [-0.25, -0.2) is 0 Å². The van der Waals surface area contributed by atoms with Gasteiger partial charge in [-0.1, -0.05) is 24.3 Å². The van der Waals surface area contributed by atoms with E-state index in [-0.39, 0.29) is 0 Å². The highest BCUT2D eigenvalue weighted by Crippen LogP contribution is 2.55. The normalized spacial score (nSPS) is 20.5. The Bertz CT molecular complexity index is 1320. The lowest BCUT2D eigenvalue weighted by atomic mass is 9.77. The Morgan fingerprint density at radius 3 is 2.74 bits per heavy atom. The van der Waals surface area contributed by atoms with Crippen molar-refractivity contribution in [2.24, 2.45) is 4.99 Å². The first-order valence-electron chi connectivity index (χ1n) is 10.2. The van der Waals surface area contributed by atoms with Gasteiger partial charge in [-0.2, -0.15) is 5.26 Å².